The van der Waals surface area contributed by atoms with Crippen molar-refractivity contribution in [1.29, 1.82) is 0 Å². The molecular weight excluding hydrogens is 204 g/mol. The number of esters is 1. The van der Waals surface area contributed by atoms with E-state index in [1.807, 2.05) is 38.8 Å². The van der Waals surface area contributed by atoms with Crippen LogP contribution in [0.15, 0.2) is 12.2 Å². The Morgan fingerprint density at radius 2 is 2.06 bits per heavy atom. The lowest BCUT2D eigenvalue weighted by molar-refractivity contribution is -0.147. The normalized spacial score (nSPS) is 26.1. The van der Waals surface area contributed by atoms with Gasteiger partial charge in [0.2, 0.25) is 0 Å². The first-order valence-corrected chi connectivity index (χ1v) is 5.18. The van der Waals surface area contributed by atoms with Crippen molar-refractivity contribution in [3.63, 3.8) is 0 Å². The van der Waals surface area contributed by atoms with Gasteiger partial charge in [0.15, 0.2) is 12.4 Å². The van der Waals surface area contributed by atoms with E-state index in [9.17, 15) is 9.59 Å². The highest BCUT2D eigenvalue weighted by Gasteiger charge is 2.47. The number of Topliss-reactive ketones (excluding diaryl/α,β-unsaturated/α-hetero) is 1. The Morgan fingerprint density at radius 3 is 2.50 bits per heavy atom. The molecule has 0 saturated carbocycles. The van der Waals surface area contributed by atoms with Crippen LogP contribution >= 0.6 is 0 Å². The Hall–Kier alpha value is -1.56. The molecule has 0 bridgehead atoms. The van der Waals surface area contributed by atoms with Gasteiger partial charge >= 0.3 is 5.97 Å². The van der Waals surface area contributed by atoms with Crippen molar-refractivity contribution in [2.24, 2.45) is 10.8 Å². The van der Waals surface area contributed by atoms with Crippen LogP contribution in [0.3, 0.4) is 0 Å². The Labute approximate surface area is 95.9 Å². The molecule has 0 aliphatic heterocycles. The monoisotopic (exact) mass is 220 g/mol. The third-order valence-corrected chi connectivity index (χ3v) is 3.55. The van der Waals surface area contributed by atoms with Crippen molar-refractivity contribution >= 4 is 11.8 Å². The van der Waals surface area contributed by atoms with Crippen molar-refractivity contribution in [3.05, 3.63) is 12.2 Å². The zero-order valence-corrected chi connectivity index (χ0v) is 9.87. The second-order valence-corrected chi connectivity index (χ2v) is 4.80. The van der Waals surface area contributed by atoms with Gasteiger partial charge in [-0.15, -0.1) is 6.42 Å². The van der Waals surface area contributed by atoms with E-state index in [0.29, 0.717) is 6.42 Å². The zero-order chi connectivity index (χ0) is 12.4. The van der Waals surface area contributed by atoms with Gasteiger partial charge in [-0.1, -0.05) is 32.9 Å². The average molecular weight is 220 g/mol. The highest BCUT2D eigenvalue weighted by molar-refractivity contribution is 5.92. The van der Waals surface area contributed by atoms with Gasteiger partial charge in [0, 0.05) is 11.3 Å². The number of terminal acetylenes is 1. The van der Waals surface area contributed by atoms with Gasteiger partial charge in [-0.2, -0.15) is 0 Å². The largest absolute Gasteiger partial charge is 0.448 e. The molecule has 1 rings (SSSR count). The van der Waals surface area contributed by atoms with Gasteiger partial charge in [-0.3, -0.25) is 4.79 Å². The van der Waals surface area contributed by atoms with Crippen LogP contribution < -0.4 is 0 Å². The molecular formula is C13H16O3. The lowest BCUT2D eigenvalue weighted by Crippen LogP contribution is -2.40. The molecule has 0 heterocycles. The molecule has 1 aliphatic carbocycles. The number of carbonyl (C=O) groups excluding carboxylic acids is 2. The first-order chi connectivity index (χ1) is 7.33. The van der Waals surface area contributed by atoms with Crippen molar-refractivity contribution in [2.45, 2.75) is 27.2 Å². The molecule has 0 amide bonds. The molecule has 0 unspecified atom stereocenters. The molecule has 3 nitrogen and oxygen atoms in total. The fourth-order valence-corrected chi connectivity index (χ4v) is 1.84. The summed E-state index contributed by atoms with van der Waals surface area (Å²) in [7, 11) is 0. The summed E-state index contributed by atoms with van der Waals surface area (Å²) in [6, 6.07) is 0. The van der Waals surface area contributed by atoms with E-state index in [0.717, 1.165) is 0 Å². The summed E-state index contributed by atoms with van der Waals surface area (Å²) in [4.78, 5) is 22.8. The maximum Gasteiger partial charge on any atom is 0.384 e. The molecule has 0 fully saturated rings. The number of ether oxygens (including phenoxy) is 1. The van der Waals surface area contributed by atoms with Crippen molar-refractivity contribution in [2.75, 3.05) is 6.61 Å². The lowest BCUT2D eigenvalue weighted by Gasteiger charge is -2.36. The Kier molecular flexibility index (Phi) is 3.23. The highest BCUT2D eigenvalue weighted by Crippen LogP contribution is 2.48. The summed E-state index contributed by atoms with van der Waals surface area (Å²) >= 11 is 0. The van der Waals surface area contributed by atoms with E-state index in [2.05, 4.69) is 4.74 Å². The minimum absolute atomic E-state index is 0.0916. The first-order valence-electron chi connectivity index (χ1n) is 5.18. The molecule has 0 aromatic heterocycles. The van der Waals surface area contributed by atoms with Crippen LogP contribution in [0.5, 0.6) is 0 Å². The third kappa shape index (κ3) is 2.01. The summed E-state index contributed by atoms with van der Waals surface area (Å²) in [5.41, 5.74) is -0.728. The van der Waals surface area contributed by atoms with Crippen molar-refractivity contribution in [1.82, 2.24) is 0 Å². The molecule has 16 heavy (non-hydrogen) atoms. The molecule has 1 aliphatic rings. The molecule has 0 aromatic rings. The molecule has 1 atom stereocenters. The average Bonchev–Trinajstić information content (AvgIpc) is 2.50. The van der Waals surface area contributed by atoms with Crippen LogP contribution in [-0.4, -0.2) is 18.4 Å². The summed E-state index contributed by atoms with van der Waals surface area (Å²) in [6.07, 6.45) is 9.53. The molecule has 0 spiro atoms. The van der Waals surface area contributed by atoms with Gasteiger partial charge in [-0.05, 0) is 11.8 Å². The maximum atomic E-state index is 12.0. The van der Waals surface area contributed by atoms with Crippen molar-refractivity contribution in [3.8, 4) is 12.3 Å². The fraction of sp³-hybridized carbons (Fsp3) is 0.538. The maximum absolute atomic E-state index is 12.0. The second-order valence-electron chi connectivity index (χ2n) is 4.80. The molecule has 0 aromatic carbocycles. The van der Waals surface area contributed by atoms with Crippen LogP contribution in [0, 0.1) is 23.2 Å². The van der Waals surface area contributed by atoms with Crippen LogP contribution in [0.25, 0.3) is 0 Å². The number of hydrogen-bond acceptors (Lipinski definition) is 3. The molecule has 3 heteroatoms. The fourth-order valence-electron chi connectivity index (χ4n) is 1.84. The minimum atomic E-state index is -0.791. The summed E-state index contributed by atoms with van der Waals surface area (Å²) in [5, 5.41) is 0. The van der Waals surface area contributed by atoms with E-state index >= 15 is 0 Å². The topological polar surface area (TPSA) is 43.4 Å². The highest BCUT2D eigenvalue weighted by atomic mass is 16.5. The SMILES string of the molecule is C#CC(=O)OCC(=O)[C@]1(C)CC=CC1(C)C. The smallest absolute Gasteiger partial charge is 0.384 e. The lowest BCUT2D eigenvalue weighted by atomic mass is 9.66. The van der Waals surface area contributed by atoms with Crippen LogP contribution in [0.1, 0.15) is 27.2 Å². The summed E-state index contributed by atoms with van der Waals surface area (Å²) in [6.45, 7) is 5.64. The van der Waals surface area contributed by atoms with E-state index in [1.165, 1.54) is 0 Å². The van der Waals surface area contributed by atoms with Crippen molar-refractivity contribution < 1.29 is 14.3 Å². The molecule has 0 radical (unpaired) electrons. The second kappa shape index (κ2) is 4.13. The summed E-state index contributed by atoms with van der Waals surface area (Å²) < 4.78 is 4.67. The predicted octanol–water partition coefficient (Wildman–Crippen LogP) is 1.72. The first kappa shape index (κ1) is 12.5. The number of rotatable bonds is 3. The van der Waals surface area contributed by atoms with Crippen LogP contribution in [-0.2, 0) is 14.3 Å². The van der Waals surface area contributed by atoms with E-state index in [1.54, 1.807) is 0 Å². The van der Waals surface area contributed by atoms with E-state index in [4.69, 9.17) is 6.42 Å². The van der Waals surface area contributed by atoms with E-state index in [-0.39, 0.29) is 17.8 Å². The van der Waals surface area contributed by atoms with Gasteiger partial charge in [0.25, 0.3) is 0 Å². The standard InChI is InChI=1S/C13H16O3/c1-5-11(15)16-9-10(14)13(4)8-6-7-12(13,2)3/h1,6-7H,8-9H2,2-4H3/t13-/m0/s1. The van der Waals surface area contributed by atoms with Gasteiger partial charge in [0.05, 0.1) is 0 Å². The van der Waals surface area contributed by atoms with Crippen LogP contribution in [0.2, 0.25) is 0 Å². The minimum Gasteiger partial charge on any atom is -0.448 e. The number of hydrogen-bond donors (Lipinski definition) is 0. The summed E-state index contributed by atoms with van der Waals surface area (Å²) in [5.74, 6) is 0.933. The number of ketones is 1. The van der Waals surface area contributed by atoms with Crippen LogP contribution in [0.4, 0.5) is 0 Å². The quantitative estimate of drug-likeness (QED) is 0.315. The predicted molar refractivity (Wildman–Crippen MR) is 60.4 cm³/mol. The van der Waals surface area contributed by atoms with Gasteiger partial charge in [-0.25, -0.2) is 4.79 Å². The van der Waals surface area contributed by atoms with Gasteiger partial charge in [0.1, 0.15) is 0 Å². The Bertz CT molecular complexity index is 384. The Morgan fingerprint density at radius 1 is 1.44 bits per heavy atom. The Balaban J connectivity index is 2.69. The zero-order valence-electron chi connectivity index (χ0n) is 9.87. The molecule has 0 saturated heterocycles. The number of allylic oxidation sites excluding steroid dienone is 2. The third-order valence-electron chi connectivity index (χ3n) is 3.55. The number of carbonyl (C=O) groups is 2. The molecule has 86 valence electrons. The molecule has 0 N–H and O–H groups in total. The van der Waals surface area contributed by atoms with Gasteiger partial charge < -0.3 is 4.74 Å². The van der Waals surface area contributed by atoms with E-state index < -0.39 is 11.4 Å².